The number of H-pyrrole nitrogens is 1. The molecule has 0 bridgehead atoms. The maximum atomic E-state index is 13.1. The Morgan fingerprint density at radius 2 is 1.37 bits per heavy atom. The molecule has 1 aromatic heterocycles. The Morgan fingerprint density at radius 3 is 1.99 bits per heavy atom. The van der Waals surface area contributed by atoms with Gasteiger partial charge in [0.25, 0.3) is 5.91 Å². The maximum Gasteiger partial charge on any atom is 0.490 e. The van der Waals surface area contributed by atoms with Gasteiger partial charge < -0.3 is 50.6 Å². The van der Waals surface area contributed by atoms with Gasteiger partial charge in [0, 0.05) is 80.5 Å². The predicted octanol–water partition coefficient (Wildman–Crippen LogP) is 8.46. The summed E-state index contributed by atoms with van der Waals surface area (Å²) in [6.07, 6.45) is -8.54. The molecule has 0 aliphatic carbocycles. The van der Waals surface area contributed by atoms with Crippen molar-refractivity contribution in [2.45, 2.75) is 69.6 Å². The molecule has 1 fully saturated rings. The normalized spacial score (nSPS) is 13.6. The number of piperidine rings is 1. The van der Waals surface area contributed by atoms with Gasteiger partial charge in [0.15, 0.2) is 0 Å². The number of amides is 3. The third-order valence-electron chi connectivity index (χ3n) is 12.3. The van der Waals surface area contributed by atoms with Gasteiger partial charge in [-0.2, -0.15) is 26.3 Å². The SMILES string of the molecule is C[C@H](Cc1ccc(CCNC(=O)c2ccc(N(C)C(=O)CCN3CCC(OC(=O)Nc4ccccc4-c4ccccc4)CC3)cc2)cc1)NC[C@H](O)c1ccc(O)c2[nH]c(=O)ccc12.O=C(O)C(F)(F)F.O=C(O)C(F)(F)F. The number of nitrogens with zero attached hydrogens (tertiary/aromatic N) is 2. The van der Waals surface area contributed by atoms with E-state index in [-0.39, 0.29) is 35.3 Å². The largest absolute Gasteiger partial charge is 0.506 e. The number of aliphatic hydroxyl groups is 1. The van der Waals surface area contributed by atoms with Gasteiger partial charge in [0.05, 0.1) is 17.3 Å². The van der Waals surface area contributed by atoms with Crippen LogP contribution in [0.2, 0.25) is 0 Å². The first-order valence-electron chi connectivity index (χ1n) is 24.3. The highest BCUT2D eigenvalue weighted by Crippen LogP contribution is 2.30. The van der Waals surface area contributed by atoms with E-state index in [0.717, 1.165) is 41.8 Å². The molecule has 23 heteroatoms. The average molecular weight is 1090 g/mol. The molecular formula is C55H58F6N6O11. The first-order valence-corrected chi connectivity index (χ1v) is 24.3. The number of phenols is 1. The molecule has 0 radical (unpaired) electrons. The molecule has 6 aromatic rings. The average Bonchev–Trinajstić information content (AvgIpc) is 3.41. The number of aliphatic hydroxyl groups excluding tert-OH is 1. The van der Waals surface area contributed by atoms with Crippen molar-refractivity contribution in [3.8, 4) is 16.9 Å². The summed E-state index contributed by atoms with van der Waals surface area (Å²) in [5.74, 6) is -5.77. The quantitative estimate of drug-likeness (QED) is 0.0400. The third-order valence-corrected chi connectivity index (χ3v) is 12.3. The summed E-state index contributed by atoms with van der Waals surface area (Å²) in [6.45, 7) is 4.86. The van der Waals surface area contributed by atoms with Gasteiger partial charge in [-0.25, -0.2) is 14.4 Å². The van der Waals surface area contributed by atoms with Gasteiger partial charge in [-0.15, -0.1) is 0 Å². The third kappa shape index (κ3) is 18.8. The van der Waals surface area contributed by atoms with Crippen molar-refractivity contribution in [2.24, 2.45) is 0 Å². The topological polar surface area (TPSA) is 251 Å². The minimum absolute atomic E-state index is 0.0256. The van der Waals surface area contributed by atoms with E-state index in [2.05, 4.69) is 50.1 Å². The molecular weight excluding hydrogens is 1030 g/mol. The lowest BCUT2D eigenvalue weighted by Gasteiger charge is -2.31. The number of rotatable bonds is 17. The number of pyridine rings is 1. The minimum atomic E-state index is -5.08. The molecule has 78 heavy (non-hydrogen) atoms. The first kappa shape index (κ1) is 60.6. The molecule has 1 aliphatic heterocycles. The zero-order chi connectivity index (χ0) is 57.2. The Bertz CT molecular complexity index is 3000. The van der Waals surface area contributed by atoms with Crippen LogP contribution in [0.5, 0.6) is 5.75 Å². The summed E-state index contributed by atoms with van der Waals surface area (Å²) in [5, 5.41) is 45.2. The van der Waals surface area contributed by atoms with E-state index in [4.69, 9.17) is 24.5 Å². The number of aromatic hydroxyl groups is 1. The van der Waals surface area contributed by atoms with Crippen molar-refractivity contribution >= 4 is 52.1 Å². The number of phenolic OH excluding ortho intramolecular Hbond substituents is 1. The monoisotopic (exact) mass is 1090 g/mol. The summed E-state index contributed by atoms with van der Waals surface area (Å²) in [5.41, 5.74) is 6.68. The van der Waals surface area contributed by atoms with E-state index in [0.29, 0.717) is 78.7 Å². The van der Waals surface area contributed by atoms with E-state index in [9.17, 15) is 55.7 Å². The van der Waals surface area contributed by atoms with Crippen molar-refractivity contribution < 1.29 is 75.5 Å². The van der Waals surface area contributed by atoms with Gasteiger partial charge in [-0.05, 0) is 97.3 Å². The van der Waals surface area contributed by atoms with Crippen LogP contribution in [0.25, 0.3) is 22.0 Å². The number of likely N-dealkylation sites (tertiary alicyclic amines) is 1. The molecule has 7 rings (SSSR count). The number of aliphatic carboxylic acids is 2. The second-order valence-electron chi connectivity index (χ2n) is 18.0. The van der Waals surface area contributed by atoms with Crippen LogP contribution < -0.4 is 26.4 Å². The van der Waals surface area contributed by atoms with Crippen molar-refractivity contribution in [3.63, 3.8) is 0 Å². The highest BCUT2D eigenvalue weighted by Gasteiger charge is 2.39. The molecule has 8 N–H and O–H groups in total. The first-order chi connectivity index (χ1) is 36.9. The number of hydrogen-bond acceptors (Lipinski definition) is 11. The Hall–Kier alpha value is -8.28. The number of carboxylic acids is 2. The van der Waals surface area contributed by atoms with E-state index >= 15 is 0 Å². The van der Waals surface area contributed by atoms with Crippen LogP contribution in [0.1, 0.15) is 59.3 Å². The van der Waals surface area contributed by atoms with Crippen molar-refractivity contribution in [2.75, 3.05) is 50.0 Å². The fraction of sp³-hybridized carbons (Fsp3) is 0.309. The lowest BCUT2D eigenvalue weighted by Crippen LogP contribution is -2.40. The minimum Gasteiger partial charge on any atom is -0.506 e. The number of ether oxygens (including phenoxy) is 1. The molecule has 1 aliphatic rings. The van der Waals surface area contributed by atoms with Crippen LogP contribution >= 0.6 is 0 Å². The number of carbonyl (C=O) groups excluding carboxylic acids is 3. The van der Waals surface area contributed by atoms with Crippen LogP contribution in [0.15, 0.2) is 132 Å². The number of nitrogens with one attached hydrogen (secondary N) is 4. The van der Waals surface area contributed by atoms with Crippen molar-refractivity contribution in [1.82, 2.24) is 20.5 Å². The maximum absolute atomic E-state index is 13.1. The van der Waals surface area contributed by atoms with Crippen LogP contribution in [-0.2, 0) is 32.0 Å². The smallest absolute Gasteiger partial charge is 0.490 e. The molecule has 3 amide bonds. The highest BCUT2D eigenvalue weighted by atomic mass is 19.4. The second kappa shape index (κ2) is 28.2. The number of carboxylic acid groups (broad SMARTS) is 2. The number of para-hydroxylation sites is 1. The fourth-order valence-electron chi connectivity index (χ4n) is 8.07. The van der Waals surface area contributed by atoms with Crippen LogP contribution in [0.4, 0.5) is 42.5 Å². The summed E-state index contributed by atoms with van der Waals surface area (Å²) in [4.78, 5) is 74.9. The number of fused-ring (bicyclic) bond motifs is 1. The summed E-state index contributed by atoms with van der Waals surface area (Å²) < 4.78 is 69.2. The van der Waals surface area contributed by atoms with Gasteiger partial charge in [-0.3, -0.25) is 19.7 Å². The van der Waals surface area contributed by atoms with E-state index in [1.165, 1.54) is 12.1 Å². The second-order valence-corrected chi connectivity index (χ2v) is 18.0. The summed E-state index contributed by atoms with van der Waals surface area (Å²) in [7, 11) is 1.74. The number of alkyl halides is 6. The molecule has 0 spiro atoms. The number of aromatic nitrogens is 1. The van der Waals surface area contributed by atoms with Crippen molar-refractivity contribution in [3.05, 3.63) is 160 Å². The molecule has 1 saturated heterocycles. The number of benzene rings is 5. The molecule has 0 unspecified atom stereocenters. The Morgan fingerprint density at radius 1 is 0.782 bits per heavy atom. The van der Waals surface area contributed by atoms with E-state index in [1.54, 1.807) is 48.3 Å². The summed E-state index contributed by atoms with van der Waals surface area (Å²) in [6, 6.07) is 39.0. The van der Waals surface area contributed by atoms with Crippen LogP contribution in [0, 0.1) is 0 Å². The zero-order valence-electron chi connectivity index (χ0n) is 42.2. The molecule has 17 nitrogen and oxygen atoms in total. The van der Waals surface area contributed by atoms with E-state index in [1.807, 2.05) is 61.5 Å². The number of carbonyl (C=O) groups is 5. The Labute approximate surface area is 443 Å². The standard InChI is InChI=1S/C51H56N6O7.2C2HF3O2/c1-34(53-33-46(59)42-20-22-45(58)49-43(42)21-23-47(60)55-49)32-36-14-12-35(13-15-36)24-28-52-50(62)38-16-18-39(19-17-38)56(2)48(61)27-31-57-29-25-40(26-30-57)64-51(63)54-44-11-7-6-10-41(44)37-8-4-3-5-9-37;2*3-2(4,5)1(6)7/h3-23,34,40,46,53,58-59H,24-33H2,1-2H3,(H,52,62)(H,54,63)(H,55,60);2*(H,6,7)/t34-,46+;;/m1../s1. The van der Waals surface area contributed by atoms with Crippen LogP contribution in [-0.4, -0.2) is 124 Å². The molecule has 5 aromatic carbocycles. The molecule has 0 saturated carbocycles. The number of aromatic amines is 1. The predicted molar refractivity (Wildman–Crippen MR) is 278 cm³/mol. The lowest BCUT2D eigenvalue weighted by atomic mass is 10.0. The van der Waals surface area contributed by atoms with Gasteiger partial charge in [-0.1, -0.05) is 78.9 Å². The molecule has 2 heterocycles. The van der Waals surface area contributed by atoms with Gasteiger partial charge in [0.2, 0.25) is 11.5 Å². The highest BCUT2D eigenvalue weighted by molar-refractivity contribution is 5.96. The van der Waals surface area contributed by atoms with Crippen LogP contribution in [0.3, 0.4) is 0 Å². The summed E-state index contributed by atoms with van der Waals surface area (Å²) >= 11 is 0. The number of anilines is 2. The number of hydrogen-bond donors (Lipinski definition) is 8. The molecule has 416 valence electrons. The Balaban J connectivity index is 0.000000706. The Kier molecular flexibility index (Phi) is 21.9. The fourth-order valence-corrected chi connectivity index (χ4v) is 8.07. The van der Waals surface area contributed by atoms with Crippen molar-refractivity contribution in [1.29, 1.82) is 0 Å². The van der Waals surface area contributed by atoms with Gasteiger partial charge in [0.1, 0.15) is 11.9 Å². The molecule has 2 atom stereocenters. The lowest BCUT2D eigenvalue weighted by molar-refractivity contribution is -0.193. The van der Waals surface area contributed by atoms with E-state index < -0.39 is 36.5 Å². The number of halogens is 6. The zero-order valence-corrected chi connectivity index (χ0v) is 42.2. The van der Waals surface area contributed by atoms with Gasteiger partial charge >= 0.3 is 30.4 Å².